The third-order valence-corrected chi connectivity index (χ3v) is 6.14. The van der Waals surface area contributed by atoms with Crippen molar-refractivity contribution in [1.82, 2.24) is 19.9 Å². The second kappa shape index (κ2) is 7.20. The van der Waals surface area contributed by atoms with Crippen LogP contribution in [0.1, 0.15) is 30.4 Å². The predicted molar refractivity (Wildman–Crippen MR) is 111 cm³/mol. The van der Waals surface area contributed by atoms with Crippen molar-refractivity contribution < 1.29 is 4.79 Å². The molecule has 0 aliphatic carbocycles. The number of nitrogens with one attached hydrogen (secondary N) is 1. The fraction of sp³-hybridized carbons (Fsp3) is 0.227. The minimum absolute atomic E-state index is 0.0205. The number of H-pyrrole nitrogens is 1. The lowest BCUT2D eigenvalue weighted by molar-refractivity contribution is -0.131. The molecule has 0 radical (unpaired) electrons. The molecule has 6 heteroatoms. The minimum Gasteiger partial charge on any atom is -0.340 e. The van der Waals surface area contributed by atoms with E-state index < -0.39 is 0 Å². The fourth-order valence-electron chi connectivity index (χ4n) is 3.84. The first-order valence-corrected chi connectivity index (χ1v) is 10.4. The van der Waals surface area contributed by atoms with Crippen molar-refractivity contribution >= 4 is 28.3 Å². The molecule has 2 aromatic carbocycles. The number of nitrogens with zero attached hydrogens (tertiary/aromatic N) is 3. The molecule has 0 unspecified atom stereocenters. The van der Waals surface area contributed by atoms with Gasteiger partial charge < -0.3 is 9.88 Å². The Kier molecular flexibility index (Phi) is 4.41. The van der Waals surface area contributed by atoms with E-state index in [9.17, 15) is 4.79 Å². The monoisotopic (exact) mass is 388 g/mol. The Balaban J connectivity index is 1.34. The summed E-state index contributed by atoms with van der Waals surface area (Å²) in [4.78, 5) is 27.7. The molecule has 5 rings (SSSR count). The normalized spacial score (nSPS) is 16.7. The molecule has 5 nitrogen and oxygen atoms in total. The van der Waals surface area contributed by atoms with Crippen molar-refractivity contribution in [3.05, 3.63) is 71.5 Å². The average molecular weight is 388 g/mol. The second-order valence-corrected chi connectivity index (χ2v) is 7.93. The SMILES string of the molecule is O=C(Cc1csc(-c2ccccc2)n1)N1CCC[C@@H]1c1nc2ccccc2[nH]1. The number of carbonyl (C=O) groups excluding carboxylic acids is 1. The quantitative estimate of drug-likeness (QED) is 0.556. The molecule has 28 heavy (non-hydrogen) atoms. The zero-order valence-corrected chi connectivity index (χ0v) is 16.2. The third kappa shape index (κ3) is 3.20. The van der Waals surface area contributed by atoms with Gasteiger partial charge in [0.15, 0.2) is 0 Å². The highest BCUT2D eigenvalue weighted by molar-refractivity contribution is 7.13. The summed E-state index contributed by atoms with van der Waals surface area (Å²) in [5.74, 6) is 1.00. The third-order valence-electron chi connectivity index (χ3n) is 5.20. The maximum absolute atomic E-state index is 13.0. The number of thiazole rings is 1. The Hall–Kier alpha value is -2.99. The average Bonchev–Trinajstić information content (AvgIpc) is 3.47. The van der Waals surface area contributed by atoms with E-state index in [1.807, 2.05) is 64.9 Å². The number of imidazole rings is 1. The summed E-state index contributed by atoms with van der Waals surface area (Å²) in [5.41, 5.74) is 3.89. The zero-order valence-electron chi connectivity index (χ0n) is 15.3. The Morgan fingerprint density at radius 1 is 1.11 bits per heavy atom. The molecule has 1 N–H and O–H groups in total. The van der Waals surface area contributed by atoms with Crippen LogP contribution in [-0.2, 0) is 11.2 Å². The first kappa shape index (κ1) is 17.1. The van der Waals surface area contributed by atoms with Gasteiger partial charge in [-0.2, -0.15) is 0 Å². The number of aromatic amines is 1. The van der Waals surface area contributed by atoms with E-state index in [1.165, 1.54) is 0 Å². The molecule has 3 heterocycles. The van der Waals surface area contributed by atoms with Crippen LogP contribution in [0.5, 0.6) is 0 Å². The summed E-state index contributed by atoms with van der Waals surface area (Å²) in [6.45, 7) is 0.774. The van der Waals surface area contributed by atoms with E-state index in [-0.39, 0.29) is 11.9 Å². The highest BCUT2D eigenvalue weighted by atomic mass is 32.1. The molecule has 1 amide bonds. The molecule has 0 saturated carbocycles. The summed E-state index contributed by atoms with van der Waals surface area (Å²) < 4.78 is 0. The first-order valence-electron chi connectivity index (χ1n) is 9.52. The first-order chi connectivity index (χ1) is 13.8. The Labute approximate surface area is 167 Å². The smallest absolute Gasteiger partial charge is 0.229 e. The van der Waals surface area contributed by atoms with Gasteiger partial charge in [-0.25, -0.2) is 9.97 Å². The number of likely N-dealkylation sites (tertiary alicyclic amines) is 1. The van der Waals surface area contributed by atoms with Crippen LogP contribution in [0.3, 0.4) is 0 Å². The topological polar surface area (TPSA) is 61.9 Å². The second-order valence-electron chi connectivity index (χ2n) is 7.07. The molecule has 1 aliphatic rings. The highest BCUT2D eigenvalue weighted by Crippen LogP contribution is 2.32. The zero-order chi connectivity index (χ0) is 18.9. The van der Waals surface area contributed by atoms with Crippen molar-refractivity contribution in [2.75, 3.05) is 6.54 Å². The van der Waals surface area contributed by atoms with Gasteiger partial charge >= 0.3 is 0 Å². The van der Waals surface area contributed by atoms with Gasteiger partial charge in [0.25, 0.3) is 0 Å². The van der Waals surface area contributed by atoms with Crippen LogP contribution in [0.15, 0.2) is 60.0 Å². The molecule has 2 aromatic heterocycles. The Bertz CT molecular complexity index is 1080. The summed E-state index contributed by atoms with van der Waals surface area (Å²) in [6.07, 6.45) is 2.28. The van der Waals surface area contributed by atoms with E-state index in [0.29, 0.717) is 6.42 Å². The van der Waals surface area contributed by atoms with Gasteiger partial charge in [0, 0.05) is 17.5 Å². The molecular weight excluding hydrogens is 368 g/mol. The molecule has 140 valence electrons. The van der Waals surface area contributed by atoms with Gasteiger partial charge in [-0.3, -0.25) is 4.79 Å². The van der Waals surface area contributed by atoms with Gasteiger partial charge in [0.1, 0.15) is 10.8 Å². The lowest BCUT2D eigenvalue weighted by atomic mass is 10.2. The summed E-state index contributed by atoms with van der Waals surface area (Å²) in [5, 5.41) is 2.95. The Morgan fingerprint density at radius 3 is 2.79 bits per heavy atom. The summed E-state index contributed by atoms with van der Waals surface area (Å²) in [6, 6.07) is 18.1. The Morgan fingerprint density at radius 2 is 1.93 bits per heavy atom. The van der Waals surface area contributed by atoms with Crippen LogP contribution in [0.2, 0.25) is 0 Å². The molecule has 4 aromatic rings. The minimum atomic E-state index is 0.0205. The van der Waals surface area contributed by atoms with E-state index in [1.54, 1.807) is 11.3 Å². The van der Waals surface area contributed by atoms with Crippen LogP contribution < -0.4 is 0 Å². The van der Waals surface area contributed by atoms with Crippen LogP contribution in [0.25, 0.3) is 21.6 Å². The van der Waals surface area contributed by atoms with Gasteiger partial charge in [0.2, 0.25) is 5.91 Å². The lowest BCUT2D eigenvalue weighted by Gasteiger charge is -2.22. The van der Waals surface area contributed by atoms with Crippen LogP contribution in [0.4, 0.5) is 0 Å². The molecule has 0 spiro atoms. The molecule has 1 aliphatic heterocycles. The fourth-order valence-corrected chi connectivity index (χ4v) is 4.66. The lowest BCUT2D eigenvalue weighted by Crippen LogP contribution is -2.32. The van der Waals surface area contributed by atoms with Gasteiger partial charge in [-0.1, -0.05) is 42.5 Å². The number of hydrogen-bond acceptors (Lipinski definition) is 4. The standard InChI is InChI=1S/C22H20N4OS/c27-20(13-16-14-28-22(23-16)15-7-2-1-3-8-15)26-12-6-11-19(26)21-24-17-9-4-5-10-18(17)25-21/h1-5,7-10,14,19H,6,11-13H2,(H,24,25)/t19-/m1/s1. The van der Waals surface area contributed by atoms with E-state index in [4.69, 9.17) is 4.98 Å². The van der Waals surface area contributed by atoms with Gasteiger partial charge in [-0.05, 0) is 25.0 Å². The number of benzene rings is 2. The number of hydrogen-bond donors (Lipinski definition) is 1. The molecule has 1 atom stereocenters. The summed E-state index contributed by atoms with van der Waals surface area (Å²) in [7, 11) is 0. The number of amides is 1. The maximum atomic E-state index is 13.0. The summed E-state index contributed by atoms with van der Waals surface area (Å²) >= 11 is 1.59. The van der Waals surface area contributed by atoms with Crippen molar-refractivity contribution in [3.63, 3.8) is 0 Å². The number of fused-ring (bicyclic) bond motifs is 1. The van der Waals surface area contributed by atoms with Crippen molar-refractivity contribution in [2.24, 2.45) is 0 Å². The predicted octanol–water partition coefficient (Wildman–Crippen LogP) is 4.59. The van der Waals surface area contributed by atoms with Crippen molar-refractivity contribution in [2.45, 2.75) is 25.3 Å². The number of rotatable bonds is 4. The molecule has 1 fully saturated rings. The number of carbonyl (C=O) groups is 1. The molecule has 0 bridgehead atoms. The molecule has 1 saturated heterocycles. The van der Waals surface area contributed by atoms with Gasteiger partial charge in [0.05, 0.1) is 29.2 Å². The van der Waals surface area contributed by atoms with Crippen molar-refractivity contribution in [1.29, 1.82) is 0 Å². The van der Waals surface area contributed by atoms with Crippen LogP contribution in [-0.4, -0.2) is 32.3 Å². The number of aromatic nitrogens is 3. The van der Waals surface area contributed by atoms with Crippen LogP contribution >= 0.6 is 11.3 Å². The maximum Gasteiger partial charge on any atom is 0.229 e. The largest absolute Gasteiger partial charge is 0.340 e. The highest BCUT2D eigenvalue weighted by Gasteiger charge is 2.32. The van der Waals surface area contributed by atoms with Crippen LogP contribution in [0, 0.1) is 0 Å². The van der Waals surface area contributed by atoms with Gasteiger partial charge in [-0.15, -0.1) is 11.3 Å². The van der Waals surface area contributed by atoms with E-state index >= 15 is 0 Å². The van der Waals surface area contributed by atoms with Crippen molar-refractivity contribution in [3.8, 4) is 10.6 Å². The van der Waals surface area contributed by atoms with E-state index in [2.05, 4.69) is 9.97 Å². The molecular formula is C22H20N4OS. The number of para-hydroxylation sites is 2. The van der Waals surface area contributed by atoms with E-state index in [0.717, 1.165) is 52.5 Å².